The van der Waals surface area contributed by atoms with Gasteiger partial charge in [-0.25, -0.2) is 0 Å². The van der Waals surface area contributed by atoms with Gasteiger partial charge in [0.25, 0.3) is 0 Å². The van der Waals surface area contributed by atoms with Crippen molar-refractivity contribution in [1.82, 2.24) is 9.80 Å². The van der Waals surface area contributed by atoms with Gasteiger partial charge in [0.2, 0.25) is 5.91 Å². The van der Waals surface area contributed by atoms with Crippen LogP contribution in [-0.4, -0.2) is 67.7 Å². The zero-order valence-electron chi connectivity index (χ0n) is 14.3. The van der Waals surface area contributed by atoms with Crippen LogP contribution < -0.4 is 4.74 Å². The van der Waals surface area contributed by atoms with Gasteiger partial charge in [0.15, 0.2) is 0 Å². The summed E-state index contributed by atoms with van der Waals surface area (Å²) in [6.45, 7) is 2.48. The lowest BCUT2D eigenvalue weighted by Crippen LogP contribution is -2.52. The molecule has 1 aromatic rings. The van der Waals surface area contributed by atoms with E-state index in [1.807, 2.05) is 48.2 Å². The first-order valence-corrected chi connectivity index (χ1v) is 8.82. The maximum absolute atomic E-state index is 12.3. The molecule has 2 saturated heterocycles. The van der Waals surface area contributed by atoms with Crippen LogP contribution in [-0.2, 0) is 9.53 Å². The first kappa shape index (κ1) is 17.5. The number of hydrogen-bond acceptors (Lipinski definition) is 4. The number of ether oxygens (including phenoxy) is 2. The molecule has 0 saturated carbocycles. The highest BCUT2D eigenvalue weighted by atomic mass is 35.5. The summed E-state index contributed by atoms with van der Waals surface area (Å²) in [7, 11) is 3.83. The van der Waals surface area contributed by atoms with Crippen LogP contribution in [0.4, 0.5) is 0 Å². The number of carbonyl (C=O) groups excluding carboxylic acids is 1. The number of hydrogen-bond donors (Lipinski definition) is 0. The molecule has 1 spiro atoms. The first-order valence-electron chi connectivity index (χ1n) is 8.44. The molecule has 6 heteroatoms. The van der Waals surface area contributed by atoms with Crippen LogP contribution in [0, 0.1) is 0 Å². The summed E-state index contributed by atoms with van der Waals surface area (Å²) in [5, 5.41) is 0.666. The largest absolute Gasteiger partial charge is 0.488 e. The summed E-state index contributed by atoms with van der Waals surface area (Å²) in [5.41, 5.74) is -0.260. The van der Waals surface area contributed by atoms with E-state index in [4.69, 9.17) is 21.1 Å². The van der Waals surface area contributed by atoms with Gasteiger partial charge in [-0.1, -0.05) is 17.7 Å². The molecule has 0 aromatic heterocycles. The number of likely N-dealkylation sites (tertiary alicyclic amines) is 1. The summed E-state index contributed by atoms with van der Waals surface area (Å²) in [4.78, 5) is 16.2. The molecule has 5 nitrogen and oxygen atoms in total. The van der Waals surface area contributed by atoms with Gasteiger partial charge in [0.1, 0.15) is 11.9 Å². The van der Waals surface area contributed by atoms with Gasteiger partial charge < -0.3 is 19.3 Å². The lowest BCUT2D eigenvalue weighted by molar-refractivity contribution is -0.139. The number of benzene rings is 1. The van der Waals surface area contributed by atoms with E-state index in [-0.39, 0.29) is 17.6 Å². The van der Waals surface area contributed by atoms with E-state index in [0.29, 0.717) is 24.7 Å². The molecule has 24 heavy (non-hydrogen) atoms. The quantitative estimate of drug-likeness (QED) is 0.834. The molecule has 2 heterocycles. The first-order chi connectivity index (χ1) is 11.5. The smallest absolute Gasteiger partial charge is 0.236 e. The van der Waals surface area contributed by atoms with Gasteiger partial charge >= 0.3 is 0 Å². The van der Waals surface area contributed by atoms with Crippen LogP contribution in [0.3, 0.4) is 0 Å². The topological polar surface area (TPSA) is 42.0 Å². The maximum Gasteiger partial charge on any atom is 0.236 e. The van der Waals surface area contributed by atoms with Crippen molar-refractivity contribution in [2.24, 2.45) is 0 Å². The molecule has 0 bridgehead atoms. The fourth-order valence-electron chi connectivity index (χ4n) is 3.58. The summed E-state index contributed by atoms with van der Waals surface area (Å²) >= 11 is 6.01. The number of likely N-dealkylation sites (N-methyl/N-ethyl adjacent to an activating group) is 1. The lowest BCUT2D eigenvalue weighted by atomic mass is 9.89. The highest BCUT2D eigenvalue weighted by Crippen LogP contribution is 2.36. The van der Waals surface area contributed by atoms with Crippen molar-refractivity contribution in [3.05, 3.63) is 29.3 Å². The van der Waals surface area contributed by atoms with Gasteiger partial charge in [0, 0.05) is 24.5 Å². The highest BCUT2D eigenvalue weighted by molar-refractivity contribution is 6.30. The molecule has 2 atom stereocenters. The summed E-state index contributed by atoms with van der Waals surface area (Å²) in [5.74, 6) is 0.936. The summed E-state index contributed by atoms with van der Waals surface area (Å²) < 4.78 is 12.1. The van der Waals surface area contributed by atoms with Crippen molar-refractivity contribution in [2.75, 3.05) is 40.3 Å². The van der Waals surface area contributed by atoms with E-state index in [1.54, 1.807) is 0 Å². The molecular formula is C18H25ClN2O3. The SMILES string of the molecule is CN(C)CC(=O)N1CCC[C@@]2(C[C@@H](Oc3cccc(Cl)c3)CO2)C1. The molecule has 2 aliphatic heterocycles. The maximum atomic E-state index is 12.3. The Labute approximate surface area is 148 Å². The van der Waals surface area contributed by atoms with Crippen molar-refractivity contribution in [3.8, 4) is 5.75 Å². The minimum absolute atomic E-state index is 0.00682. The van der Waals surface area contributed by atoms with E-state index in [0.717, 1.165) is 31.6 Å². The minimum Gasteiger partial charge on any atom is -0.488 e. The van der Waals surface area contributed by atoms with Crippen molar-refractivity contribution >= 4 is 17.5 Å². The van der Waals surface area contributed by atoms with Gasteiger partial charge in [-0.05, 0) is 45.1 Å². The second kappa shape index (κ2) is 7.30. The van der Waals surface area contributed by atoms with Crippen LogP contribution in [0.25, 0.3) is 0 Å². The second-order valence-electron chi connectivity index (χ2n) is 7.05. The molecule has 3 rings (SSSR count). The normalized spacial score (nSPS) is 27.0. The molecule has 2 fully saturated rings. The van der Waals surface area contributed by atoms with E-state index in [9.17, 15) is 4.79 Å². The number of halogens is 1. The number of carbonyl (C=O) groups is 1. The molecule has 0 unspecified atom stereocenters. The average molecular weight is 353 g/mol. The third-order valence-electron chi connectivity index (χ3n) is 4.62. The number of piperidine rings is 1. The van der Waals surface area contributed by atoms with Gasteiger partial charge in [-0.2, -0.15) is 0 Å². The average Bonchev–Trinajstić information content (AvgIpc) is 2.88. The predicted molar refractivity (Wildman–Crippen MR) is 93.5 cm³/mol. The molecule has 1 amide bonds. The molecule has 0 aliphatic carbocycles. The Morgan fingerprint density at radius 1 is 1.50 bits per heavy atom. The molecule has 2 aliphatic rings. The van der Waals surface area contributed by atoms with Crippen molar-refractivity contribution in [1.29, 1.82) is 0 Å². The second-order valence-corrected chi connectivity index (χ2v) is 7.49. The van der Waals surface area contributed by atoms with Gasteiger partial charge in [-0.3, -0.25) is 4.79 Å². The van der Waals surface area contributed by atoms with Crippen LogP contribution in [0.2, 0.25) is 5.02 Å². The zero-order chi connectivity index (χ0) is 17.2. The summed E-state index contributed by atoms with van der Waals surface area (Å²) in [6.07, 6.45) is 2.77. The number of rotatable bonds is 4. The van der Waals surface area contributed by atoms with Crippen molar-refractivity contribution < 1.29 is 14.3 Å². The van der Waals surface area contributed by atoms with Crippen LogP contribution in [0.5, 0.6) is 5.75 Å². The van der Waals surface area contributed by atoms with E-state index in [2.05, 4.69) is 0 Å². The van der Waals surface area contributed by atoms with Gasteiger partial charge in [-0.15, -0.1) is 0 Å². The van der Waals surface area contributed by atoms with Crippen LogP contribution in [0.15, 0.2) is 24.3 Å². The number of amides is 1. The fourth-order valence-corrected chi connectivity index (χ4v) is 3.76. The Balaban J connectivity index is 1.59. The molecular weight excluding hydrogens is 328 g/mol. The standard InChI is InChI=1S/C18H25ClN2O3/c1-20(2)11-17(22)21-8-4-7-18(13-21)10-16(12-23-18)24-15-6-3-5-14(19)9-15/h3,5-6,9,16H,4,7-8,10-13H2,1-2H3/t16-,18-/m1/s1. The molecule has 0 radical (unpaired) electrons. The summed E-state index contributed by atoms with van der Waals surface area (Å²) in [6, 6.07) is 7.44. The van der Waals surface area contributed by atoms with Crippen LogP contribution in [0.1, 0.15) is 19.3 Å². The Morgan fingerprint density at radius 2 is 2.33 bits per heavy atom. The zero-order valence-corrected chi connectivity index (χ0v) is 15.1. The molecule has 0 N–H and O–H groups in total. The van der Waals surface area contributed by atoms with Crippen LogP contribution >= 0.6 is 11.6 Å². The lowest BCUT2D eigenvalue weighted by Gasteiger charge is -2.40. The third kappa shape index (κ3) is 4.21. The Bertz CT molecular complexity index is 595. The Kier molecular flexibility index (Phi) is 5.33. The molecule has 1 aromatic carbocycles. The van der Waals surface area contributed by atoms with Gasteiger partial charge in [0.05, 0.1) is 18.8 Å². The van der Waals surface area contributed by atoms with E-state index in [1.165, 1.54) is 0 Å². The van der Waals surface area contributed by atoms with Crippen molar-refractivity contribution in [3.63, 3.8) is 0 Å². The highest BCUT2D eigenvalue weighted by Gasteiger charge is 2.45. The number of nitrogens with zero attached hydrogens (tertiary/aromatic N) is 2. The molecule has 132 valence electrons. The monoisotopic (exact) mass is 352 g/mol. The Hall–Kier alpha value is -1.30. The van der Waals surface area contributed by atoms with E-state index >= 15 is 0 Å². The fraction of sp³-hybridized carbons (Fsp3) is 0.611. The third-order valence-corrected chi connectivity index (χ3v) is 4.85. The van der Waals surface area contributed by atoms with E-state index < -0.39 is 0 Å². The minimum atomic E-state index is -0.260. The Morgan fingerprint density at radius 3 is 3.08 bits per heavy atom. The predicted octanol–water partition coefficient (Wildman–Crippen LogP) is 2.43. The van der Waals surface area contributed by atoms with Crippen molar-refractivity contribution in [2.45, 2.75) is 31.0 Å².